The van der Waals surface area contributed by atoms with E-state index >= 15 is 0 Å². The van der Waals surface area contributed by atoms with Gasteiger partial charge in [-0.05, 0) is 38.5 Å². The molecule has 160 valence electrons. The maximum Gasteiger partial charge on any atom is 0.290 e. The second-order valence-electron chi connectivity index (χ2n) is 7.70. The smallest absolute Gasteiger partial charge is 0.290 e. The second-order valence-corrected chi connectivity index (χ2v) is 7.70. The van der Waals surface area contributed by atoms with Crippen LogP contribution in [0.5, 0.6) is 0 Å². The molecule has 2 atom stereocenters. The molecular formula is C20H31N5O4. The number of hydrogen-bond acceptors (Lipinski definition) is 6. The Labute approximate surface area is 171 Å². The minimum absolute atomic E-state index is 0.0109. The lowest BCUT2D eigenvalue weighted by Gasteiger charge is -2.30. The van der Waals surface area contributed by atoms with E-state index in [1.165, 1.54) is 12.8 Å². The minimum atomic E-state index is -0.250. The Kier molecular flexibility index (Phi) is 8.98. The van der Waals surface area contributed by atoms with Gasteiger partial charge in [-0.3, -0.25) is 29.3 Å². The molecule has 9 heteroatoms. The number of carbonyl (C=O) groups is 3. The van der Waals surface area contributed by atoms with E-state index in [9.17, 15) is 9.59 Å². The molecule has 2 fully saturated rings. The standard InChI is InChI=1S/C19H29N5O2.CH2O2/c1-13-8-22-16(9-20-13)10-23-19(26)7-17-5-6-18(11-21-14(2)25)24(17)12-15-3-4-15;2-1-3/h8-9,15,17-18H,3-7,10-12H2,1-2H3,(H,21,25)(H,23,26);1H,(H,2,3)/t17-,18+;/m0./s1. The van der Waals surface area contributed by atoms with Crippen molar-refractivity contribution >= 4 is 18.3 Å². The van der Waals surface area contributed by atoms with Crippen molar-refractivity contribution in [2.75, 3.05) is 13.1 Å². The Morgan fingerprint density at radius 2 is 1.86 bits per heavy atom. The topological polar surface area (TPSA) is 125 Å². The van der Waals surface area contributed by atoms with Gasteiger partial charge < -0.3 is 15.7 Å². The van der Waals surface area contributed by atoms with E-state index in [1.807, 2.05) is 6.92 Å². The highest BCUT2D eigenvalue weighted by Crippen LogP contribution is 2.35. The van der Waals surface area contributed by atoms with Crippen molar-refractivity contribution in [1.82, 2.24) is 25.5 Å². The van der Waals surface area contributed by atoms with Gasteiger partial charge in [-0.2, -0.15) is 0 Å². The number of carbonyl (C=O) groups excluding carboxylic acids is 2. The molecule has 2 heterocycles. The van der Waals surface area contributed by atoms with Crippen LogP contribution in [0.2, 0.25) is 0 Å². The van der Waals surface area contributed by atoms with Crippen molar-refractivity contribution in [3.05, 3.63) is 23.8 Å². The van der Waals surface area contributed by atoms with E-state index < -0.39 is 0 Å². The summed E-state index contributed by atoms with van der Waals surface area (Å²) in [5.41, 5.74) is 1.64. The number of carboxylic acid groups (broad SMARTS) is 1. The molecule has 0 bridgehead atoms. The normalized spacial score (nSPS) is 21.0. The van der Waals surface area contributed by atoms with Crippen LogP contribution >= 0.6 is 0 Å². The highest BCUT2D eigenvalue weighted by molar-refractivity contribution is 5.76. The van der Waals surface area contributed by atoms with Gasteiger partial charge >= 0.3 is 0 Å². The van der Waals surface area contributed by atoms with Crippen LogP contribution in [0.15, 0.2) is 12.4 Å². The van der Waals surface area contributed by atoms with Crippen LogP contribution < -0.4 is 10.6 Å². The first kappa shape index (κ1) is 22.7. The molecule has 3 rings (SSSR count). The molecule has 3 N–H and O–H groups in total. The van der Waals surface area contributed by atoms with E-state index in [1.54, 1.807) is 19.3 Å². The molecule has 0 unspecified atom stereocenters. The molecule has 2 aliphatic rings. The van der Waals surface area contributed by atoms with Crippen LogP contribution in [-0.4, -0.2) is 63.4 Å². The number of rotatable bonds is 8. The van der Waals surface area contributed by atoms with Crippen LogP contribution in [0.1, 0.15) is 50.4 Å². The quantitative estimate of drug-likeness (QED) is 0.548. The largest absolute Gasteiger partial charge is 0.483 e. The van der Waals surface area contributed by atoms with Gasteiger partial charge in [-0.25, -0.2) is 0 Å². The predicted octanol–water partition coefficient (Wildman–Crippen LogP) is 0.871. The summed E-state index contributed by atoms with van der Waals surface area (Å²) in [7, 11) is 0. The first-order chi connectivity index (χ1) is 13.9. The predicted molar refractivity (Wildman–Crippen MR) is 107 cm³/mol. The lowest BCUT2D eigenvalue weighted by atomic mass is 10.1. The van der Waals surface area contributed by atoms with E-state index in [0.29, 0.717) is 25.6 Å². The highest BCUT2D eigenvalue weighted by atomic mass is 16.3. The first-order valence-electron chi connectivity index (χ1n) is 10.0. The maximum absolute atomic E-state index is 12.4. The molecule has 0 aromatic carbocycles. The molecule has 1 aromatic rings. The summed E-state index contributed by atoms with van der Waals surface area (Å²) in [5.74, 6) is 0.830. The van der Waals surface area contributed by atoms with Crippen molar-refractivity contribution in [2.45, 2.75) is 64.6 Å². The molecule has 1 saturated carbocycles. The molecule has 1 aliphatic heterocycles. The Morgan fingerprint density at radius 3 is 2.45 bits per heavy atom. The zero-order valence-electron chi connectivity index (χ0n) is 17.1. The fourth-order valence-corrected chi connectivity index (χ4v) is 3.60. The van der Waals surface area contributed by atoms with Crippen LogP contribution in [0.4, 0.5) is 0 Å². The van der Waals surface area contributed by atoms with E-state index in [4.69, 9.17) is 9.90 Å². The molecule has 1 aromatic heterocycles. The van der Waals surface area contributed by atoms with Crippen molar-refractivity contribution in [2.24, 2.45) is 5.92 Å². The van der Waals surface area contributed by atoms with Crippen molar-refractivity contribution < 1.29 is 19.5 Å². The molecule has 9 nitrogen and oxygen atoms in total. The SMILES string of the molecule is CC(=O)NC[C@H]1CC[C@@H](CC(=O)NCc2cnc(C)cn2)N1CC1CC1.O=CO. The average molecular weight is 405 g/mol. The lowest BCUT2D eigenvalue weighted by molar-refractivity contribution is -0.123. The molecular weight excluding hydrogens is 374 g/mol. The second kappa shape index (κ2) is 11.5. The number of amides is 2. The van der Waals surface area contributed by atoms with Crippen molar-refractivity contribution in [3.63, 3.8) is 0 Å². The monoisotopic (exact) mass is 405 g/mol. The summed E-state index contributed by atoms with van der Waals surface area (Å²) >= 11 is 0. The third-order valence-electron chi connectivity index (χ3n) is 5.25. The van der Waals surface area contributed by atoms with Crippen LogP contribution in [0.3, 0.4) is 0 Å². The van der Waals surface area contributed by atoms with E-state index in [2.05, 4.69) is 25.5 Å². The van der Waals surface area contributed by atoms with Gasteiger partial charge in [-0.1, -0.05) is 0 Å². The average Bonchev–Trinajstić information content (AvgIpc) is 3.42. The Morgan fingerprint density at radius 1 is 1.17 bits per heavy atom. The summed E-state index contributed by atoms with van der Waals surface area (Å²) < 4.78 is 0. The van der Waals surface area contributed by atoms with Crippen molar-refractivity contribution in [3.8, 4) is 0 Å². The number of nitrogens with one attached hydrogen (secondary N) is 2. The van der Waals surface area contributed by atoms with Crippen LogP contribution in [0, 0.1) is 12.8 Å². The van der Waals surface area contributed by atoms with Crippen LogP contribution in [-0.2, 0) is 20.9 Å². The molecule has 2 amide bonds. The third-order valence-corrected chi connectivity index (χ3v) is 5.25. The third kappa shape index (κ3) is 8.15. The lowest BCUT2D eigenvalue weighted by Crippen LogP contribution is -2.45. The summed E-state index contributed by atoms with van der Waals surface area (Å²) in [6, 6.07) is 0.610. The fourth-order valence-electron chi connectivity index (χ4n) is 3.60. The van der Waals surface area contributed by atoms with Gasteiger partial charge in [0.15, 0.2) is 0 Å². The molecule has 29 heavy (non-hydrogen) atoms. The van der Waals surface area contributed by atoms with Gasteiger partial charge in [0, 0.05) is 44.7 Å². The highest BCUT2D eigenvalue weighted by Gasteiger charge is 2.37. The van der Waals surface area contributed by atoms with E-state index in [-0.39, 0.29) is 24.3 Å². The summed E-state index contributed by atoms with van der Waals surface area (Å²) in [6.45, 7) is 5.34. The van der Waals surface area contributed by atoms with Crippen LogP contribution in [0.25, 0.3) is 0 Å². The fraction of sp³-hybridized carbons (Fsp3) is 0.650. The van der Waals surface area contributed by atoms with Gasteiger partial charge in [0.1, 0.15) is 0 Å². The summed E-state index contributed by atoms with van der Waals surface area (Å²) in [5, 5.41) is 12.8. The van der Waals surface area contributed by atoms with Gasteiger partial charge in [-0.15, -0.1) is 0 Å². The van der Waals surface area contributed by atoms with Crippen molar-refractivity contribution in [1.29, 1.82) is 0 Å². The summed E-state index contributed by atoms with van der Waals surface area (Å²) in [4.78, 5) is 42.9. The molecule has 1 saturated heterocycles. The Hall–Kier alpha value is -2.55. The zero-order chi connectivity index (χ0) is 21.2. The van der Waals surface area contributed by atoms with E-state index in [0.717, 1.165) is 36.7 Å². The zero-order valence-corrected chi connectivity index (χ0v) is 17.1. The number of nitrogens with zero attached hydrogens (tertiary/aromatic N) is 3. The number of hydrogen-bond donors (Lipinski definition) is 3. The number of likely N-dealkylation sites (tertiary alicyclic amines) is 1. The minimum Gasteiger partial charge on any atom is -0.483 e. The van der Waals surface area contributed by atoms with Gasteiger partial charge in [0.05, 0.1) is 24.1 Å². The number of aromatic nitrogens is 2. The van der Waals surface area contributed by atoms with Gasteiger partial charge in [0.2, 0.25) is 11.8 Å². The van der Waals surface area contributed by atoms with Gasteiger partial charge in [0.25, 0.3) is 6.47 Å². The maximum atomic E-state index is 12.4. The molecule has 0 spiro atoms. The first-order valence-corrected chi connectivity index (χ1v) is 10.0. The molecule has 1 aliphatic carbocycles. The summed E-state index contributed by atoms with van der Waals surface area (Å²) in [6.07, 6.45) is 8.53. The Bertz CT molecular complexity index is 678. The number of aryl methyl sites for hydroxylation is 1. The molecule has 0 radical (unpaired) electrons. The Balaban J connectivity index is 0.000000941.